The van der Waals surface area contributed by atoms with Crippen LogP contribution in [0.15, 0.2) is 63.3 Å². The number of para-hydroxylation sites is 1. The second kappa shape index (κ2) is 11.9. The van der Waals surface area contributed by atoms with Crippen LogP contribution >= 0.6 is 11.8 Å². The first kappa shape index (κ1) is 22.4. The fraction of sp³-hybridized carbons (Fsp3) is 0.409. The number of hydrogen-bond donors (Lipinski definition) is 1. The molecule has 2 aromatic rings. The molecule has 0 fully saturated rings. The molecule has 0 amide bonds. The number of aliphatic hydroxyl groups is 1. The highest BCUT2D eigenvalue weighted by molar-refractivity contribution is 7.99. The number of nitrogens with zero attached hydrogens (tertiary/aromatic N) is 3. The predicted molar refractivity (Wildman–Crippen MR) is 118 cm³/mol. The van der Waals surface area contributed by atoms with Gasteiger partial charge in [-0.25, -0.2) is 4.99 Å². The Balaban J connectivity index is 0.000000266. The summed E-state index contributed by atoms with van der Waals surface area (Å²) in [7, 11) is 6.07. The number of rotatable bonds is 6. The summed E-state index contributed by atoms with van der Waals surface area (Å²) >= 11 is 1.79. The lowest BCUT2D eigenvalue weighted by molar-refractivity contribution is 0.0821. The van der Waals surface area contributed by atoms with Gasteiger partial charge >= 0.3 is 0 Å². The number of likely N-dealkylation sites (N-methyl/N-ethyl adjacent to an activating group) is 1. The van der Waals surface area contributed by atoms with Gasteiger partial charge in [0.05, 0.1) is 25.5 Å². The number of hydrogen-bond acceptors (Lipinski definition) is 6. The van der Waals surface area contributed by atoms with E-state index in [2.05, 4.69) is 61.3 Å². The van der Waals surface area contributed by atoms with E-state index in [-0.39, 0.29) is 6.61 Å². The maximum Gasteiger partial charge on any atom is 0.137 e. The van der Waals surface area contributed by atoms with E-state index in [9.17, 15) is 0 Å². The third-order valence-corrected chi connectivity index (χ3v) is 5.33. The first-order valence-electron chi connectivity index (χ1n) is 9.56. The Morgan fingerprint density at radius 3 is 2.32 bits per heavy atom. The van der Waals surface area contributed by atoms with E-state index >= 15 is 0 Å². The van der Waals surface area contributed by atoms with Crippen LogP contribution in [0.1, 0.15) is 12.5 Å². The van der Waals surface area contributed by atoms with Gasteiger partial charge in [0.1, 0.15) is 5.84 Å². The van der Waals surface area contributed by atoms with Crippen LogP contribution in [0.5, 0.6) is 0 Å². The maximum atomic E-state index is 8.29. The molecule has 1 N–H and O–H groups in total. The van der Waals surface area contributed by atoms with Crippen molar-refractivity contribution in [3.05, 3.63) is 54.1 Å². The largest absolute Gasteiger partial charge is 0.394 e. The molecule has 0 bridgehead atoms. The van der Waals surface area contributed by atoms with Gasteiger partial charge in [0, 0.05) is 35.5 Å². The highest BCUT2D eigenvalue weighted by Crippen LogP contribution is 2.40. The normalized spacial score (nSPS) is 12.3. The number of aliphatic hydroxyl groups excluding tert-OH is 1. The van der Waals surface area contributed by atoms with Crippen molar-refractivity contribution in [3.8, 4) is 0 Å². The molecule has 28 heavy (non-hydrogen) atoms. The summed E-state index contributed by atoms with van der Waals surface area (Å²) in [5.74, 6) is 1.05. The minimum Gasteiger partial charge on any atom is -0.394 e. The fourth-order valence-corrected chi connectivity index (χ4v) is 3.54. The monoisotopic (exact) mass is 401 g/mol. The van der Waals surface area contributed by atoms with Crippen molar-refractivity contribution in [1.29, 1.82) is 0 Å². The number of aliphatic imine (C=N–C) groups is 1. The molecule has 0 radical (unpaired) electrons. The van der Waals surface area contributed by atoms with E-state index in [4.69, 9.17) is 14.8 Å². The molecule has 1 aliphatic rings. The molecule has 0 unspecified atom stereocenters. The standard InChI is InChI=1S/C16H16N2S.C6H15NO2/c1-3-18(2)16-12-8-4-6-10-14(12)19-15-11-7-5-9-13(15)17-16;1-7(2)3-5-9-6-4-8/h4-11H,3H2,1-2H3;8H,3-6H2,1-2H3. The maximum absolute atomic E-state index is 8.29. The van der Waals surface area contributed by atoms with Crippen molar-refractivity contribution >= 4 is 23.3 Å². The lowest BCUT2D eigenvalue weighted by atomic mass is 10.2. The predicted octanol–water partition coefficient (Wildman–Crippen LogP) is 3.74. The summed E-state index contributed by atoms with van der Waals surface area (Å²) in [4.78, 5) is 11.6. The van der Waals surface area contributed by atoms with Gasteiger partial charge in [0.15, 0.2) is 0 Å². The summed E-state index contributed by atoms with van der Waals surface area (Å²) in [5.41, 5.74) is 2.27. The average Bonchev–Trinajstić information content (AvgIpc) is 2.87. The van der Waals surface area contributed by atoms with Crippen molar-refractivity contribution in [1.82, 2.24) is 9.80 Å². The van der Waals surface area contributed by atoms with E-state index < -0.39 is 0 Å². The highest BCUT2D eigenvalue weighted by atomic mass is 32.2. The van der Waals surface area contributed by atoms with Gasteiger partial charge in [-0.15, -0.1) is 0 Å². The molecule has 6 heteroatoms. The Kier molecular flexibility index (Phi) is 9.50. The zero-order valence-corrected chi connectivity index (χ0v) is 18.1. The summed E-state index contributed by atoms with van der Waals surface area (Å²) in [6, 6.07) is 16.8. The third-order valence-electron chi connectivity index (χ3n) is 4.19. The molecule has 0 saturated carbocycles. The molecule has 0 atom stereocenters. The SMILES string of the molecule is CCN(C)C1=Nc2ccccc2Sc2ccccc21.CN(C)CCOCCO. The topological polar surface area (TPSA) is 48.3 Å². The van der Waals surface area contributed by atoms with Gasteiger partial charge < -0.3 is 19.6 Å². The smallest absolute Gasteiger partial charge is 0.137 e. The van der Waals surface area contributed by atoms with Crippen LogP contribution in [0, 0.1) is 0 Å². The van der Waals surface area contributed by atoms with Crippen LogP contribution in [0.3, 0.4) is 0 Å². The molecule has 5 nitrogen and oxygen atoms in total. The molecule has 0 saturated heterocycles. The number of benzene rings is 2. The van der Waals surface area contributed by atoms with Gasteiger partial charge in [0.2, 0.25) is 0 Å². The molecular formula is C22H31N3O2S. The van der Waals surface area contributed by atoms with Gasteiger partial charge in [-0.2, -0.15) is 0 Å². The highest BCUT2D eigenvalue weighted by Gasteiger charge is 2.18. The van der Waals surface area contributed by atoms with E-state index in [1.807, 2.05) is 25.1 Å². The number of amidine groups is 1. The van der Waals surface area contributed by atoms with Gasteiger partial charge in [-0.05, 0) is 39.2 Å². The van der Waals surface area contributed by atoms with E-state index in [0.717, 1.165) is 24.6 Å². The Hall–Kier alpha value is -1.86. The molecule has 2 aromatic carbocycles. The van der Waals surface area contributed by atoms with Gasteiger partial charge in [0.25, 0.3) is 0 Å². The Morgan fingerprint density at radius 2 is 1.64 bits per heavy atom. The van der Waals surface area contributed by atoms with Crippen molar-refractivity contribution in [2.45, 2.75) is 16.7 Å². The Morgan fingerprint density at radius 1 is 0.964 bits per heavy atom. The Bertz CT molecular complexity index is 765. The van der Waals surface area contributed by atoms with Gasteiger partial charge in [-0.1, -0.05) is 42.1 Å². The second-order valence-corrected chi connectivity index (χ2v) is 7.74. The van der Waals surface area contributed by atoms with Crippen molar-refractivity contribution in [2.24, 2.45) is 4.99 Å². The van der Waals surface area contributed by atoms with E-state index in [1.54, 1.807) is 11.8 Å². The van der Waals surface area contributed by atoms with E-state index in [1.165, 1.54) is 15.4 Å². The van der Waals surface area contributed by atoms with Crippen LogP contribution in [0.2, 0.25) is 0 Å². The van der Waals surface area contributed by atoms with Crippen LogP contribution in [-0.4, -0.2) is 74.8 Å². The minimum atomic E-state index is 0.118. The molecule has 0 aromatic heterocycles. The molecule has 3 rings (SSSR count). The third kappa shape index (κ3) is 6.63. The summed E-state index contributed by atoms with van der Waals surface area (Å²) in [6.07, 6.45) is 0. The average molecular weight is 402 g/mol. The molecule has 0 spiro atoms. The lowest BCUT2D eigenvalue weighted by Crippen LogP contribution is -2.27. The zero-order valence-electron chi connectivity index (χ0n) is 17.3. The van der Waals surface area contributed by atoms with Crippen molar-refractivity contribution in [2.75, 3.05) is 54.1 Å². The first-order chi connectivity index (χ1) is 13.6. The summed E-state index contributed by atoms with van der Waals surface area (Å²) < 4.78 is 5.00. The van der Waals surface area contributed by atoms with Crippen LogP contribution < -0.4 is 0 Å². The van der Waals surface area contributed by atoms with Crippen molar-refractivity contribution in [3.63, 3.8) is 0 Å². The quantitative estimate of drug-likeness (QED) is 0.748. The molecular weight excluding hydrogens is 370 g/mol. The van der Waals surface area contributed by atoms with Crippen LogP contribution in [0.25, 0.3) is 0 Å². The fourth-order valence-electron chi connectivity index (χ4n) is 2.52. The lowest BCUT2D eigenvalue weighted by Gasteiger charge is -2.20. The molecule has 1 heterocycles. The Labute approximate surface area is 173 Å². The second-order valence-electron chi connectivity index (χ2n) is 6.65. The molecule has 0 aliphatic carbocycles. The summed E-state index contributed by atoms with van der Waals surface area (Å²) in [5, 5.41) is 8.29. The van der Waals surface area contributed by atoms with Crippen molar-refractivity contribution < 1.29 is 9.84 Å². The first-order valence-corrected chi connectivity index (χ1v) is 10.4. The molecule has 1 aliphatic heterocycles. The number of ether oxygens (including phenoxy) is 1. The van der Waals surface area contributed by atoms with Crippen LogP contribution in [-0.2, 0) is 4.74 Å². The summed E-state index contributed by atoms with van der Waals surface area (Å²) in [6.45, 7) is 5.28. The minimum absolute atomic E-state index is 0.118. The van der Waals surface area contributed by atoms with Gasteiger partial charge in [-0.3, -0.25) is 0 Å². The number of fused-ring (bicyclic) bond motifs is 2. The molecule has 152 valence electrons. The van der Waals surface area contributed by atoms with E-state index in [0.29, 0.717) is 13.2 Å². The zero-order chi connectivity index (χ0) is 20.4. The van der Waals surface area contributed by atoms with Crippen LogP contribution in [0.4, 0.5) is 5.69 Å².